The Morgan fingerprint density at radius 1 is 1.38 bits per heavy atom. The average molecular weight is 328 g/mol. The number of carbonyl (C=O) groups is 1. The monoisotopic (exact) mass is 328 g/mol. The zero-order valence-corrected chi connectivity index (χ0v) is 14.2. The van der Waals surface area contributed by atoms with Gasteiger partial charge in [0.1, 0.15) is 0 Å². The van der Waals surface area contributed by atoms with Crippen LogP contribution in [0.5, 0.6) is 0 Å². The molecule has 1 aliphatic heterocycles. The number of carbonyl (C=O) groups excluding carboxylic acids is 1. The number of amides is 1. The third kappa shape index (κ3) is 3.59. The van der Waals surface area contributed by atoms with Gasteiger partial charge in [-0.2, -0.15) is 0 Å². The van der Waals surface area contributed by atoms with Gasteiger partial charge in [0.25, 0.3) is 0 Å². The van der Waals surface area contributed by atoms with E-state index in [2.05, 4.69) is 10.0 Å². The van der Waals surface area contributed by atoms with Crippen LogP contribution >= 0.6 is 11.8 Å². The molecule has 2 rings (SSSR count). The molecule has 1 aliphatic rings. The summed E-state index contributed by atoms with van der Waals surface area (Å²) in [5.41, 5.74) is 0.0432. The molecule has 1 aromatic rings. The molecule has 21 heavy (non-hydrogen) atoms. The van der Waals surface area contributed by atoms with Crippen LogP contribution in [0, 0.1) is 0 Å². The predicted octanol–water partition coefficient (Wildman–Crippen LogP) is 2.59. The number of sulfonamides is 1. The molecule has 7 heteroatoms. The SMILES string of the molecule is CCC(C)(C)NS(=O)(=O)c1ccc2c(c1)NC(=O)[C@H](C)S2. The Balaban J connectivity index is 2.34. The average Bonchev–Trinajstić information content (AvgIpc) is 2.38. The molecule has 1 amide bonds. The van der Waals surface area contributed by atoms with Crippen molar-refractivity contribution in [2.75, 3.05) is 5.32 Å². The van der Waals surface area contributed by atoms with Crippen LogP contribution in [0.1, 0.15) is 34.1 Å². The smallest absolute Gasteiger partial charge is 0.241 e. The second kappa shape index (κ2) is 5.62. The third-order valence-electron chi connectivity index (χ3n) is 3.49. The first-order chi connectivity index (χ1) is 9.64. The zero-order chi connectivity index (χ0) is 15.8. The summed E-state index contributed by atoms with van der Waals surface area (Å²) in [7, 11) is -3.61. The Labute approximate surface area is 129 Å². The quantitative estimate of drug-likeness (QED) is 0.891. The lowest BCUT2D eigenvalue weighted by atomic mass is 10.0. The Morgan fingerprint density at radius 2 is 2.05 bits per heavy atom. The lowest BCUT2D eigenvalue weighted by molar-refractivity contribution is -0.115. The van der Waals surface area contributed by atoms with E-state index >= 15 is 0 Å². The van der Waals surface area contributed by atoms with Gasteiger partial charge in [-0.15, -0.1) is 11.8 Å². The van der Waals surface area contributed by atoms with Gasteiger partial charge in [-0.3, -0.25) is 4.79 Å². The van der Waals surface area contributed by atoms with Gasteiger partial charge in [0.15, 0.2) is 0 Å². The van der Waals surface area contributed by atoms with Crippen molar-refractivity contribution in [3.05, 3.63) is 18.2 Å². The van der Waals surface area contributed by atoms with Gasteiger partial charge in [0.2, 0.25) is 15.9 Å². The zero-order valence-electron chi connectivity index (χ0n) is 12.6. The van der Waals surface area contributed by atoms with Crippen LogP contribution in [0.15, 0.2) is 28.0 Å². The van der Waals surface area contributed by atoms with Crippen LogP contribution in [0.4, 0.5) is 5.69 Å². The van der Waals surface area contributed by atoms with Crippen LogP contribution in [-0.4, -0.2) is 25.1 Å². The minimum Gasteiger partial charge on any atom is -0.324 e. The van der Waals surface area contributed by atoms with Crippen LogP contribution in [0.25, 0.3) is 0 Å². The fourth-order valence-corrected chi connectivity index (χ4v) is 4.29. The van der Waals surface area contributed by atoms with E-state index < -0.39 is 15.6 Å². The molecule has 1 atom stereocenters. The van der Waals surface area contributed by atoms with E-state index in [1.807, 2.05) is 27.7 Å². The highest BCUT2D eigenvalue weighted by Gasteiger charge is 2.28. The summed E-state index contributed by atoms with van der Waals surface area (Å²) in [5, 5.41) is 2.58. The molecule has 1 heterocycles. The Bertz CT molecular complexity index is 669. The largest absolute Gasteiger partial charge is 0.324 e. The maximum absolute atomic E-state index is 12.4. The molecule has 0 fully saturated rings. The first-order valence-electron chi connectivity index (χ1n) is 6.80. The third-order valence-corrected chi connectivity index (χ3v) is 6.36. The highest BCUT2D eigenvalue weighted by molar-refractivity contribution is 8.01. The van der Waals surface area contributed by atoms with Gasteiger partial charge < -0.3 is 5.32 Å². The second-order valence-corrected chi connectivity index (χ2v) is 8.82. The van der Waals surface area contributed by atoms with Gasteiger partial charge in [0, 0.05) is 10.4 Å². The van der Waals surface area contributed by atoms with Crippen molar-refractivity contribution >= 4 is 33.4 Å². The van der Waals surface area contributed by atoms with Crippen molar-refractivity contribution in [2.24, 2.45) is 0 Å². The van der Waals surface area contributed by atoms with Crippen molar-refractivity contribution in [1.29, 1.82) is 0 Å². The molecule has 0 saturated heterocycles. The lowest BCUT2D eigenvalue weighted by Crippen LogP contribution is -2.42. The Hall–Kier alpha value is -1.05. The second-order valence-electron chi connectivity index (χ2n) is 5.75. The fourth-order valence-electron chi connectivity index (χ4n) is 1.85. The van der Waals surface area contributed by atoms with Gasteiger partial charge in [-0.1, -0.05) is 6.92 Å². The topological polar surface area (TPSA) is 75.3 Å². The highest BCUT2D eigenvalue weighted by atomic mass is 32.2. The van der Waals surface area contributed by atoms with E-state index in [4.69, 9.17) is 0 Å². The van der Waals surface area contributed by atoms with Gasteiger partial charge in [-0.05, 0) is 45.4 Å². The number of thioether (sulfide) groups is 1. The van der Waals surface area contributed by atoms with Gasteiger partial charge >= 0.3 is 0 Å². The molecular formula is C14H20N2O3S2. The van der Waals surface area contributed by atoms with Gasteiger partial charge in [-0.25, -0.2) is 13.1 Å². The van der Waals surface area contributed by atoms with E-state index in [1.165, 1.54) is 17.8 Å². The number of hydrogen-bond acceptors (Lipinski definition) is 4. The summed E-state index contributed by atoms with van der Waals surface area (Å²) in [6, 6.07) is 4.83. The standard InChI is InChI=1S/C14H20N2O3S2/c1-5-14(3,4)16-21(18,19)10-6-7-12-11(8-10)15-13(17)9(2)20-12/h6-9,16H,5H2,1-4H3,(H,15,17)/t9-/m0/s1. The lowest BCUT2D eigenvalue weighted by Gasteiger charge is -2.25. The summed E-state index contributed by atoms with van der Waals surface area (Å²) in [6.07, 6.45) is 0.682. The van der Waals surface area contributed by atoms with Crippen molar-refractivity contribution in [3.63, 3.8) is 0 Å². The predicted molar refractivity (Wildman–Crippen MR) is 85.1 cm³/mol. The summed E-state index contributed by atoms with van der Waals surface area (Å²) in [5.74, 6) is -0.108. The van der Waals surface area contributed by atoms with E-state index in [1.54, 1.807) is 12.1 Å². The van der Waals surface area contributed by atoms with Crippen molar-refractivity contribution in [3.8, 4) is 0 Å². The molecule has 0 aliphatic carbocycles. The molecule has 5 nitrogen and oxygen atoms in total. The number of rotatable bonds is 4. The molecule has 0 aromatic heterocycles. The van der Waals surface area contributed by atoms with Crippen LogP contribution in [-0.2, 0) is 14.8 Å². The van der Waals surface area contributed by atoms with Crippen LogP contribution in [0.2, 0.25) is 0 Å². The fraction of sp³-hybridized carbons (Fsp3) is 0.500. The molecule has 0 saturated carbocycles. The van der Waals surface area contributed by atoms with Crippen molar-refractivity contribution < 1.29 is 13.2 Å². The number of fused-ring (bicyclic) bond motifs is 1. The summed E-state index contributed by atoms with van der Waals surface area (Å²) < 4.78 is 27.5. The minimum atomic E-state index is -3.61. The van der Waals surface area contributed by atoms with Crippen molar-refractivity contribution in [2.45, 2.75) is 54.7 Å². The molecule has 0 spiro atoms. The maximum Gasteiger partial charge on any atom is 0.241 e. The first-order valence-corrected chi connectivity index (χ1v) is 9.16. The molecule has 0 bridgehead atoms. The highest BCUT2D eigenvalue weighted by Crippen LogP contribution is 2.36. The van der Waals surface area contributed by atoms with E-state index in [0.29, 0.717) is 12.1 Å². The number of hydrogen-bond donors (Lipinski definition) is 2. The molecular weight excluding hydrogens is 308 g/mol. The maximum atomic E-state index is 12.4. The first kappa shape index (κ1) is 16.3. The molecule has 116 valence electrons. The summed E-state index contributed by atoms with van der Waals surface area (Å²) >= 11 is 1.43. The minimum absolute atomic E-state index is 0.108. The Morgan fingerprint density at radius 3 is 2.67 bits per heavy atom. The van der Waals surface area contributed by atoms with Crippen LogP contribution in [0.3, 0.4) is 0 Å². The van der Waals surface area contributed by atoms with Crippen molar-refractivity contribution in [1.82, 2.24) is 4.72 Å². The number of anilines is 1. The number of nitrogens with one attached hydrogen (secondary N) is 2. The Kier molecular flexibility index (Phi) is 4.37. The van der Waals surface area contributed by atoms with E-state index in [-0.39, 0.29) is 16.1 Å². The van der Waals surface area contributed by atoms with E-state index in [9.17, 15) is 13.2 Å². The molecule has 0 unspecified atom stereocenters. The number of benzene rings is 1. The summed E-state index contributed by atoms with van der Waals surface area (Å²) in [6.45, 7) is 7.41. The normalized spacial score (nSPS) is 19.0. The molecule has 2 N–H and O–H groups in total. The van der Waals surface area contributed by atoms with E-state index in [0.717, 1.165) is 4.90 Å². The van der Waals surface area contributed by atoms with Gasteiger partial charge in [0.05, 0.1) is 15.8 Å². The van der Waals surface area contributed by atoms with Crippen LogP contribution < -0.4 is 10.0 Å². The molecule has 1 aromatic carbocycles. The molecule has 0 radical (unpaired) electrons. The summed E-state index contributed by atoms with van der Waals surface area (Å²) in [4.78, 5) is 12.7.